The van der Waals surface area contributed by atoms with Crippen molar-refractivity contribution in [3.8, 4) is 0 Å². The van der Waals surface area contributed by atoms with E-state index in [1.807, 2.05) is 87.4 Å². The van der Waals surface area contributed by atoms with Crippen LogP contribution in [0.25, 0.3) is 11.0 Å². The third-order valence-corrected chi connectivity index (χ3v) is 21.7. The van der Waals surface area contributed by atoms with Gasteiger partial charge in [0.25, 0.3) is 0 Å². The Bertz CT molecular complexity index is 3430. The average molecular weight is 1270 g/mol. The van der Waals surface area contributed by atoms with E-state index in [4.69, 9.17) is 46.0 Å². The Morgan fingerprint density at radius 1 is 0.867 bits per heavy atom. The van der Waals surface area contributed by atoms with Crippen molar-refractivity contribution in [3.05, 3.63) is 63.9 Å². The third kappa shape index (κ3) is 13.0. The summed E-state index contributed by atoms with van der Waals surface area (Å²) in [6, 6.07) is 2.91. The van der Waals surface area contributed by atoms with E-state index in [-0.39, 0.29) is 71.1 Å². The van der Waals surface area contributed by atoms with Crippen molar-refractivity contribution in [2.24, 2.45) is 77.5 Å². The highest BCUT2D eigenvalue weighted by Gasteiger charge is 2.66. The first kappa shape index (κ1) is 68.9. The third-order valence-electron chi connectivity index (χ3n) is 20.6. The number of fused-ring (bicyclic) bond motifs is 7. The largest absolute Gasteiger partial charge is 0.472 e. The van der Waals surface area contributed by atoms with Crippen LogP contribution in [0.2, 0.25) is 0 Å². The molecule has 6 aliphatic heterocycles. The van der Waals surface area contributed by atoms with E-state index in [1.54, 1.807) is 4.57 Å². The number of aliphatic imine (C=N–C) groups is 3. The number of phosphoric acid groups is 1. The molecule has 2 fully saturated rings. The highest BCUT2D eigenvalue weighted by atomic mass is 31.2. The summed E-state index contributed by atoms with van der Waals surface area (Å²) in [5, 5.41) is 37.0. The summed E-state index contributed by atoms with van der Waals surface area (Å²) in [6.45, 7) is 20.2. The average Bonchev–Trinajstić information content (AvgIpc) is 1.53. The van der Waals surface area contributed by atoms with Gasteiger partial charge in [0.1, 0.15) is 18.3 Å². The lowest BCUT2D eigenvalue weighted by atomic mass is 9.57. The summed E-state index contributed by atoms with van der Waals surface area (Å²) in [5.74, 6) is -4.40. The lowest BCUT2D eigenvalue weighted by Gasteiger charge is -2.48. The number of carbonyl (C=O) groups is 7. The number of hydrogen-bond donors (Lipinski definition) is 11. The number of rotatable bonds is 29. The first-order valence-electron chi connectivity index (χ1n) is 30.7. The van der Waals surface area contributed by atoms with Crippen molar-refractivity contribution in [1.29, 1.82) is 0 Å². The zero-order valence-corrected chi connectivity index (χ0v) is 54.1. The molecule has 7 amide bonds. The molecule has 7 heterocycles. The Morgan fingerprint density at radius 3 is 2.16 bits per heavy atom. The van der Waals surface area contributed by atoms with Gasteiger partial charge in [-0.15, -0.1) is 0 Å². The standard InChI is InChI=1S/C62H90N13O14P/c1-32-20-42-43(21-33(32)2)75(28-70-42)57-52(84)53(44(26-76)87-57)89-90(85,86)88-34(3)24-69-49(83)16-18-59(8)40(25-67-30-78)56-62(11)61(10,27-68-31-79)39(17-19-66-29-77)51(74-62)36(5)55-60(9,23-48(65)82)37(12-14-46(63)80)41(71-55)22-45-58(6,7)38(13-15-47(64)81)50(72-45)35(4)54(59)73-56/h20-22,28-31,34,37-40,44,52-53,56-57,71,76,84H,12-19,23-27H2,1-11H3,(H2,63,80)(H2,64,81)(H2,65,82)(H,66,77)(H,67,78)(H,68,79)(H,69,83)(H,85,86)/b41-22?,50-35?,55-36-/t34-,37?,38?,39?,40?,44?,52?,53?,56?,57?,59?,60?,61?,62?/m1/s1. The molecule has 2 saturated heterocycles. The van der Waals surface area contributed by atoms with Crippen LogP contribution in [0.1, 0.15) is 131 Å². The van der Waals surface area contributed by atoms with Gasteiger partial charge in [0.05, 0.1) is 41.7 Å². The van der Waals surface area contributed by atoms with Crippen LogP contribution in [0.15, 0.2) is 67.8 Å². The molecule has 0 saturated carbocycles. The molecule has 28 heteroatoms. The fraction of sp³-hybridized carbons (Fsp3) is 0.629. The molecule has 8 bridgehead atoms. The molecule has 492 valence electrons. The number of nitrogens with zero attached hydrogens (tertiary/aromatic N) is 5. The topological polar surface area (TPSA) is 418 Å². The number of phosphoric ester groups is 1. The van der Waals surface area contributed by atoms with Crippen LogP contribution in [0.3, 0.4) is 0 Å². The van der Waals surface area contributed by atoms with Crippen molar-refractivity contribution in [1.82, 2.24) is 36.1 Å². The minimum absolute atomic E-state index is 0.00697. The predicted octanol–water partition coefficient (Wildman–Crippen LogP) is 2.78. The monoisotopic (exact) mass is 1270 g/mol. The van der Waals surface area contributed by atoms with E-state index in [9.17, 15) is 53.2 Å². The van der Waals surface area contributed by atoms with Crippen LogP contribution in [-0.4, -0.2) is 153 Å². The fourth-order valence-electron chi connectivity index (χ4n) is 15.3. The Balaban J connectivity index is 1.19. The van der Waals surface area contributed by atoms with Gasteiger partial charge in [-0.2, -0.15) is 0 Å². The van der Waals surface area contributed by atoms with E-state index in [1.165, 1.54) is 13.3 Å². The zero-order chi connectivity index (χ0) is 66.2. The maximum absolute atomic E-state index is 14.4. The summed E-state index contributed by atoms with van der Waals surface area (Å²) in [4.78, 5) is 123. The number of primary amides is 3. The van der Waals surface area contributed by atoms with Crippen LogP contribution in [0, 0.1) is 59.2 Å². The van der Waals surface area contributed by atoms with Gasteiger partial charge in [-0.3, -0.25) is 57.6 Å². The molecule has 0 aliphatic carbocycles. The van der Waals surface area contributed by atoms with Crippen molar-refractivity contribution in [3.63, 3.8) is 0 Å². The number of allylic oxidation sites excluding steroid dienone is 6. The van der Waals surface area contributed by atoms with E-state index < -0.39 is 126 Å². The second-order valence-corrected chi connectivity index (χ2v) is 28.0. The van der Waals surface area contributed by atoms with Gasteiger partial charge in [-0.1, -0.05) is 34.6 Å². The van der Waals surface area contributed by atoms with Crippen molar-refractivity contribution >= 4 is 78.9 Å². The van der Waals surface area contributed by atoms with E-state index in [2.05, 4.69) is 31.6 Å². The summed E-state index contributed by atoms with van der Waals surface area (Å²) in [7, 11) is -5.04. The van der Waals surface area contributed by atoms with E-state index >= 15 is 0 Å². The minimum atomic E-state index is -5.04. The SMILES string of the molecule is CC1=C2N=C(C=C3N/C(=C(/C)C4=NC(C)(C5N=C1C(C)(CCC(=O)NC[C@@H](C)OP(=O)(O)OC1C(CO)OC(n6cnc7cc(C)c(C)cc76)C1O)C5CNC=O)C(C)(CNC=O)C4CCNC=O)C(C)(CC(N)=O)C3CCC(N)=O)C(C)(C)C2CCC(N)=O. The number of hydrogen-bond acceptors (Lipinski definition) is 18. The van der Waals surface area contributed by atoms with Gasteiger partial charge >= 0.3 is 7.82 Å². The lowest BCUT2D eigenvalue weighted by molar-refractivity contribution is -0.122. The second-order valence-electron chi connectivity index (χ2n) is 26.6. The predicted molar refractivity (Wildman–Crippen MR) is 334 cm³/mol. The molecule has 90 heavy (non-hydrogen) atoms. The lowest BCUT2D eigenvalue weighted by Crippen LogP contribution is -2.59. The van der Waals surface area contributed by atoms with Crippen LogP contribution < -0.4 is 43.8 Å². The molecule has 0 radical (unpaired) electrons. The van der Waals surface area contributed by atoms with Gasteiger partial charge < -0.3 is 68.2 Å². The number of carbonyl (C=O) groups excluding carboxylic acids is 7. The highest BCUT2D eigenvalue weighted by molar-refractivity contribution is 7.47. The molecule has 2 aromatic rings. The smallest absolute Gasteiger partial charge is 0.394 e. The number of amides is 7. The Kier molecular flexibility index (Phi) is 20.4. The van der Waals surface area contributed by atoms with Crippen LogP contribution in [-0.2, 0) is 51.9 Å². The zero-order valence-electron chi connectivity index (χ0n) is 53.3. The summed E-state index contributed by atoms with van der Waals surface area (Å²) in [5.41, 5.74) is 20.5. The number of imidazole rings is 1. The molecule has 27 nitrogen and oxygen atoms in total. The van der Waals surface area contributed by atoms with Crippen molar-refractivity contribution in [2.75, 3.05) is 32.8 Å². The number of aliphatic hydroxyl groups is 2. The van der Waals surface area contributed by atoms with Gasteiger partial charge in [0.15, 0.2) is 6.23 Å². The maximum Gasteiger partial charge on any atom is 0.472 e. The number of ether oxygens (including phenoxy) is 1. The second kappa shape index (κ2) is 26.7. The molecule has 14 N–H and O–H groups in total. The summed E-state index contributed by atoms with van der Waals surface area (Å²) >= 11 is 0. The molecule has 14 unspecified atom stereocenters. The Labute approximate surface area is 524 Å². The molecule has 0 spiro atoms. The van der Waals surface area contributed by atoms with Crippen LogP contribution in [0.5, 0.6) is 0 Å². The molecule has 15 atom stereocenters. The van der Waals surface area contributed by atoms with Crippen molar-refractivity contribution < 1.29 is 67.0 Å². The number of aryl methyl sites for hydroxylation is 2. The van der Waals surface area contributed by atoms with E-state index in [0.29, 0.717) is 82.1 Å². The molecule has 6 aliphatic rings. The highest BCUT2D eigenvalue weighted by Crippen LogP contribution is 2.61. The Morgan fingerprint density at radius 2 is 1.52 bits per heavy atom. The quantitative estimate of drug-likeness (QED) is 0.0317. The molecular weight excluding hydrogens is 1180 g/mol. The maximum atomic E-state index is 14.4. The molecule has 8 rings (SSSR count). The number of aromatic nitrogens is 2. The number of nitrogens with one attached hydrogen (secondary N) is 5. The Hall–Kier alpha value is -7.00. The van der Waals surface area contributed by atoms with E-state index in [0.717, 1.165) is 11.1 Å². The summed E-state index contributed by atoms with van der Waals surface area (Å²) in [6.07, 6.45) is -0.931. The number of aliphatic hydroxyl groups excluding tert-OH is 2. The number of benzene rings is 1. The van der Waals surface area contributed by atoms with Crippen molar-refractivity contribution in [2.45, 2.75) is 170 Å². The molecule has 1 aromatic heterocycles. The minimum Gasteiger partial charge on any atom is -0.394 e. The van der Waals surface area contributed by atoms with Crippen LogP contribution >= 0.6 is 7.82 Å². The normalized spacial score (nSPS) is 32.7. The fourth-order valence-corrected chi connectivity index (χ4v) is 16.4. The number of nitrogens with two attached hydrogens (primary N) is 3. The van der Waals surface area contributed by atoms with Gasteiger partial charge in [-0.05, 0) is 108 Å². The van der Waals surface area contributed by atoms with Crippen LogP contribution in [0.4, 0.5) is 0 Å². The molecule has 1 aromatic carbocycles. The van der Waals surface area contributed by atoms with Gasteiger partial charge in [-0.25, -0.2) is 9.55 Å². The van der Waals surface area contributed by atoms with Gasteiger partial charge in [0.2, 0.25) is 42.9 Å². The first-order chi connectivity index (χ1) is 42.3. The summed E-state index contributed by atoms with van der Waals surface area (Å²) < 4.78 is 32.3. The molecular formula is C62H90N13O14P. The first-order valence-corrected chi connectivity index (χ1v) is 32.2. The van der Waals surface area contributed by atoms with Gasteiger partial charge in [0, 0.05) is 131 Å².